The minimum Gasteiger partial charge on any atom is -0.492 e. The van der Waals surface area contributed by atoms with Crippen molar-refractivity contribution in [3.05, 3.63) is 52.5 Å². The number of carbonyl (C=O) groups is 2. The van der Waals surface area contributed by atoms with Crippen LogP contribution in [-0.4, -0.2) is 23.5 Å². The number of rotatable bonds is 7. The molecule has 0 fully saturated rings. The number of benzene rings is 2. The first-order chi connectivity index (χ1) is 14.2. The summed E-state index contributed by atoms with van der Waals surface area (Å²) in [4.78, 5) is 24.6. The first-order valence-electron chi connectivity index (χ1n) is 9.61. The third-order valence-electron chi connectivity index (χ3n) is 3.90. The zero-order valence-corrected chi connectivity index (χ0v) is 19.8. The second kappa shape index (κ2) is 11.1. The summed E-state index contributed by atoms with van der Waals surface area (Å²) in [6.07, 6.45) is 0. The summed E-state index contributed by atoms with van der Waals surface area (Å²) < 4.78 is 6.52. The highest BCUT2D eigenvalue weighted by atomic mass is 79.9. The van der Waals surface area contributed by atoms with Crippen molar-refractivity contribution in [1.82, 2.24) is 5.32 Å². The summed E-state index contributed by atoms with van der Waals surface area (Å²) in [6, 6.07) is 12.4. The largest absolute Gasteiger partial charge is 0.492 e. The van der Waals surface area contributed by atoms with E-state index >= 15 is 0 Å². The maximum atomic E-state index is 12.8. The van der Waals surface area contributed by atoms with Gasteiger partial charge >= 0.3 is 0 Å². The van der Waals surface area contributed by atoms with Gasteiger partial charge in [-0.1, -0.05) is 49.7 Å². The minimum absolute atomic E-state index is 0.0772. The van der Waals surface area contributed by atoms with E-state index < -0.39 is 0 Å². The van der Waals surface area contributed by atoms with Gasteiger partial charge in [-0.05, 0) is 54.5 Å². The van der Waals surface area contributed by atoms with E-state index in [4.69, 9.17) is 17.0 Å². The van der Waals surface area contributed by atoms with E-state index in [1.807, 2.05) is 33.8 Å². The van der Waals surface area contributed by atoms with E-state index in [9.17, 15) is 9.59 Å². The number of carbonyl (C=O) groups excluding carboxylic acids is 2. The predicted molar refractivity (Wildman–Crippen MR) is 128 cm³/mol. The first kappa shape index (κ1) is 23.8. The highest BCUT2D eigenvalue weighted by molar-refractivity contribution is 9.10. The standard InChI is InChI=1S/C22H26BrN3O3S/c1-13(2)12-29-19-9-8-15(23)10-18(19)21(28)26-22(30)25-17-7-5-6-16(11-17)24-20(27)14(3)4/h5-11,13-14H,12H2,1-4H3,(H,24,27)(H2,25,26,28,30). The molecule has 2 aromatic carbocycles. The summed E-state index contributed by atoms with van der Waals surface area (Å²) >= 11 is 8.67. The number of nitrogens with one attached hydrogen (secondary N) is 3. The Hall–Kier alpha value is -2.45. The summed E-state index contributed by atoms with van der Waals surface area (Å²) in [6.45, 7) is 8.22. The number of hydrogen-bond donors (Lipinski definition) is 3. The molecule has 3 N–H and O–H groups in total. The minimum atomic E-state index is -0.378. The zero-order valence-electron chi connectivity index (χ0n) is 17.4. The van der Waals surface area contributed by atoms with Crippen molar-refractivity contribution in [1.29, 1.82) is 0 Å². The Morgan fingerprint density at radius 3 is 2.33 bits per heavy atom. The lowest BCUT2D eigenvalue weighted by molar-refractivity contribution is -0.118. The lowest BCUT2D eigenvalue weighted by atomic mass is 10.2. The van der Waals surface area contributed by atoms with Crippen LogP contribution in [0.5, 0.6) is 5.75 Å². The third kappa shape index (κ3) is 7.42. The first-order valence-corrected chi connectivity index (χ1v) is 10.8. The molecule has 0 radical (unpaired) electrons. The van der Waals surface area contributed by atoms with Crippen LogP contribution in [0, 0.1) is 11.8 Å². The highest BCUT2D eigenvalue weighted by Gasteiger charge is 2.15. The summed E-state index contributed by atoms with van der Waals surface area (Å²) in [5.41, 5.74) is 1.67. The number of hydrogen-bond acceptors (Lipinski definition) is 4. The van der Waals surface area contributed by atoms with Gasteiger partial charge in [0, 0.05) is 21.8 Å². The van der Waals surface area contributed by atoms with Crippen LogP contribution in [0.4, 0.5) is 11.4 Å². The van der Waals surface area contributed by atoms with Crippen molar-refractivity contribution in [3.8, 4) is 5.75 Å². The van der Waals surface area contributed by atoms with Crippen molar-refractivity contribution in [2.45, 2.75) is 27.7 Å². The van der Waals surface area contributed by atoms with Crippen molar-refractivity contribution in [2.75, 3.05) is 17.2 Å². The number of thiocarbonyl (C=S) groups is 1. The fourth-order valence-electron chi connectivity index (χ4n) is 2.36. The van der Waals surface area contributed by atoms with Gasteiger partial charge in [0.2, 0.25) is 5.91 Å². The summed E-state index contributed by atoms with van der Waals surface area (Å²) in [5.74, 6) is 0.240. The second-order valence-corrected chi connectivity index (χ2v) is 8.80. The number of amides is 2. The van der Waals surface area contributed by atoms with E-state index in [1.54, 1.807) is 36.4 Å². The Balaban J connectivity index is 2.06. The van der Waals surface area contributed by atoms with E-state index in [0.29, 0.717) is 35.2 Å². The molecule has 0 aliphatic carbocycles. The number of anilines is 2. The van der Waals surface area contributed by atoms with Crippen LogP contribution >= 0.6 is 28.1 Å². The molecule has 160 valence electrons. The Labute approximate surface area is 190 Å². The van der Waals surface area contributed by atoms with Gasteiger partial charge in [-0.25, -0.2) is 0 Å². The molecule has 0 saturated heterocycles. The molecule has 0 aliphatic rings. The fraction of sp³-hybridized carbons (Fsp3) is 0.318. The molecule has 0 saturated carbocycles. The van der Waals surface area contributed by atoms with Crippen LogP contribution in [0.15, 0.2) is 46.9 Å². The molecule has 0 aromatic heterocycles. The van der Waals surface area contributed by atoms with Crippen LogP contribution in [0.2, 0.25) is 0 Å². The lowest BCUT2D eigenvalue weighted by Gasteiger charge is -2.15. The number of ether oxygens (including phenoxy) is 1. The third-order valence-corrected chi connectivity index (χ3v) is 4.60. The molecule has 8 heteroatoms. The quantitative estimate of drug-likeness (QED) is 0.463. The van der Waals surface area contributed by atoms with Crippen LogP contribution in [0.3, 0.4) is 0 Å². The fourth-order valence-corrected chi connectivity index (χ4v) is 2.93. The number of halogens is 1. The normalized spacial score (nSPS) is 10.6. The molecule has 0 heterocycles. The van der Waals surface area contributed by atoms with Gasteiger partial charge in [-0.3, -0.25) is 14.9 Å². The van der Waals surface area contributed by atoms with E-state index in [1.165, 1.54) is 0 Å². The summed E-state index contributed by atoms with van der Waals surface area (Å²) in [5, 5.41) is 8.61. The van der Waals surface area contributed by atoms with Gasteiger partial charge in [0.25, 0.3) is 5.91 Å². The lowest BCUT2D eigenvalue weighted by Crippen LogP contribution is -2.34. The molecule has 2 aromatic rings. The van der Waals surface area contributed by atoms with Gasteiger partial charge in [-0.15, -0.1) is 0 Å². The highest BCUT2D eigenvalue weighted by Crippen LogP contribution is 2.24. The Morgan fingerprint density at radius 1 is 1.03 bits per heavy atom. The van der Waals surface area contributed by atoms with Crippen LogP contribution in [0.25, 0.3) is 0 Å². The average molecular weight is 492 g/mol. The zero-order chi connectivity index (χ0) is 22.3. The molecule has 0 atom stereocenters. The van der Waals surface area contributed by atoms with E-state index in [0.717, 1.165) is 4.47 Å². The maximum absolute atomic E-state index is 12.8. The molecule has 6 nitrogen and oxygen atoms in total. The van der Waals surface area contributed by atoms with Crippen molar-refractivity contribution < 1.29 is 14.3 Å². The van der Waals surface area contributed by atoms with Crippen LogP contribution in [0.1, 0.15) is 38.1 Å². The Morgan fingerprint density at radius 2 is 1.70 bits per heavy atom. The predicted octanol–water partition coefficient (Wildman–Crippen LogP) is 5.21. The monoisotopic (exact) mass is 491 g/mol. The molecule has 30 heavy (non-hydrogen) atoms. The van der Waals surface area contributed by atoms with Crippen molar-refractivity contribution >= 4 is 56.4 Å². The molecule has 2 rings (SSSR count). The van der Waals surface area contributed by atoms with Gasteiger partial charge in [-0.2, -0.15) is 0 Å². The molecule has 2 amide bonds. The molecule has 0 unspecified atom stereocenters. The van der Waals surface area contributed by atoms with Crippen molar-refractivity contribution in [2.24, 2.45) is 11.8 Å². The molecule has 0 bridgehead atoms. The molecule has 0 spiro atoms. The molecular formula is C22H26BrN3O3S. The van der Waals surface area contributed by atoms with Gasteiger partial charge in [0.1, 0.15) is 5.75 Å². The molecular weight excluding hydrogens is 466 g/mol. The average Bonchev–Trinajstić information content (AvgIpc) is 2.66. The Bertz CT molecular complexity index is 932. The smallest absolute Gasteiger partial charge is 0.261 e. The van der Waals surface area contributed by atoms with E-state index in [-0.39, 0.29) is 22.8 Å². The van der Waals surface area contributed by atoms with Gasteiger partial charge in [0.05, 0.1) is 12.2 Å². The second-order valence-electron chi connectivity index (χ2n) is 7.48. The topological polar surface area (TPSA) is 79.5 Å². The van der Waals surface area contributed by atoms with Gasteiger partial charge < -0.3 is 15.4 Å². The van der Waals surface area contributed by atoms with Crippen LogP contribution in [-0.2, 0) is 4.79 Å². The van der Waals surface area contributed by atoms with Crippen molar-refractivity contribution in [3.63, 3.8) is 0 Å². The van der Waals surface area contributed by atoms with E-state index in [2.05, 4.69) is 31.9 Å². The summed E-state index contributed by atoms with van der Waals surface area (Å²) in [7, 11) is 0. The molecule has 0 aliphatic heterocycles. The maximum Gasteiger partial charge on any atom is 0.261 e. The Kier molecular flexibility index (Phi) is 8.80. The SMILES string of the molecule is CC(C)COc1ccc(Br)cc1C(=O)NC(=S)Nc1cccc(NC(=O)C(C)C)c1. The van der Waals surface area contributed by atoms with Gasteiger partial charge in [0.15, 0.2) is 5.11 Å². The van der Waals surface area contributed by atoms with Crippen LogP contribution < -0.4 is 20.7 Å².